The summed E-state index contributed by atoms with van der Waals surface area (Å²) in [5.41, 5.74) is 10.0. The van der Waals surface area contributed by atoms with Crippen LogP contribution in [0.25, 0.3) is 56.4 Å². The highest BCUT2D eigenvalue weighted by atomic mass is 15.0. The lowest BCUT2D eigenvalue weighted by atomic mass is 9.48. The number of rotatable bonds is 6. The molecule has 4 saturated carbocycles. The standard InChI is InChI=1S/C44H36N4/c45-28-29-6-8-33(9-7-29)34-10-12-35(13-11-34)36-14-16-38(17-15-36)42-46-41(37-4-2-1-3-5-37)47-43(48-42)39-18-20-40(21-19-39)44-25-30-22-31(26-44)24-32(23-30)27-44/h1-21,30-32H,22-27H2/t30-,31-,32-,44?. The van der Waals surface area contributed by atoms with E-state index in [1.807, 2.05) is 42.5 Å². The molecular formula is C44H36N4. The molecule has 1 heterocycles. The summed E-state index contributed by atoms with van der Waals surface area (Å²) < 4.78 is 0. The van der Waals surface area contributed by atoms with Gasteiger partial charge in [-0.15, -0.1) is 0 Å². The predicted molar refractivity (Wildman–Crippen MR) is 192 cm³/mol. The molecule has 10 rings (SSSR count). The Bertz CT molecular complexity index is 2090. The van der Waals surface area contributed by atoms with E-state index in [1.165, 1.54) is 44.1 Å². The number of nitrogens with zero attached hydrogens (tertiary/aromatic N) is 4. The van der Waals surface area contributed by atoms with E-state index < -0.39 is 0 Å². The molecule has 0 atom stereocenters. The summed E-state index contributed by atoms with van der Waals surface area (Å²) in [5, 5.41) is 9.11. The number of nitriles is 1. The van der Waals surface area contributed by atoms with Crippen LogP contribution in [0, 0.1) is 29.1 Å². The molecule has 4 aliphatic carbocycles. The molecule has 48 heavy (non-hydrogen) atoms. The molecule has 4 heteroatoms. The van der Waals surface area contributed by atoms with E-state index in [4.69, 9.17) is 20.2 Å². The van der Waals surface area contributed by atoms with Gasteiger partial charge in [0.2, 0.25) is 0 Å². The van der Waals surface area contributed by atoms with Crippen LogP contribution in [0.15, 0.2) is 127 Å². The maximum absolute atomic E-state index is 9.11. The minimum atomic E-state index is 0.373. The third-order valence-electron chi connectivity index (χ3n) is 11.2. The molecule has 4 bridgehead atoms. The Morgan fingerprint density at radius 2 is 0.792 bits per heavy atom. The van der Waals surface area contributed by atoms with Gasteiger partial charge in [-0.3, -0.25) is 0 Å². The van der Waals surface area contributed by atoms with Crippen LogP contribution in [-0.4, -0.2) is 15.0 Å². The van der Waals surface area contributed by atoms with Gasteiger partial charge in [-0.25, -0.2) is 15.0 Å². The van der Waals surface area contributed by atoms with E-state index in [2.05, 4.69) is 91.0 Å². The Labute approximate surface area is 282 Å². The molecule has 1 aromatic heterocycles. The Morgan fingerprint density at radius 3 is 1.21 bits per heavy atom. The van der Waals surface area contributed by atoms with Crippen LogP contribution in [0.4, 0.5) is 0 Å². The fraction of sp³-hybridized carbons (Fsp3) is 0.227. The van der Waals surface area contributed by atoms with Gasteiger partial charge >= 0.3 is 0 Å². The van der Waals surface area contributed by atoms with E-state index in [-0.39, 0.29) is 0 Å². The fourth-order valence-corrected chi connectivity index (χ4v) is 9.19. The lowest BCUT2D eigenvalue weighted by Gasteiger charge is -2.57. The zero-order chi connectivity index (χ0) is 32.1. The average molecular weight is 621 g/mol. The third kappa shape index (κ3) is 5.30. The first-order valence-electron chi connectivity index (χ1n) is 17.2. The lowest BCUT2D eigenvalue weighted by Crippen LogP contribution is -2.48. The topological polar surface area (TPSA) is 62.5 Å². The fourth-order valence-electron chi connectivity index (χ4n) is 9.19. The van der Waals surface area contributed by atoms with Crippen molar-refractivity contribution >= 4 is 0 Å². The third-order valence-corrected chi connectivity index (χ3v) is 11.2. The van der Waals surface area contributed by atoms with Crippen molar-refractivity contribution in [2.75, 3.05) is 0 Å². The normalized spacial score (nSPS) is 22.4. The van der Waals surface area contributed by atoms with Gasteiger partial charge in [0, 0.05) is 16.7 Å². The monoisotopic (exact) mass is 620 g/mol. The number of aromatic nitrogens is 3. The molecule has 0 spiro atoms. The van der Waals surface area contributed by atoms with Crippen LogP contribution < -0.4 is 0 Å². The minimum absolute atomic E-state index is 0.373. The Kier molecular flexibility index (Phi) is 7.01. The van der Waals surface area contributed by atoms with Crippen molar-refractivity contribution in [2.45, 2.75) is 43.9 Å². The summed E-state index contributed by atoms with van der Waals surface area (Å²) in [6.07, 6.45) is 8.47. The molecular weight excluding hydrogens is 585 g/mol. The zero-order valence-corrected chi connectivity index (χ0v) is 26.9. The lowest BCUT2D eigenvalue weighted by molar-refractivity contribution is -0.00518. The highest BCUT2D eigenvalue weighted by Crippen LogP contribution is 2.60. The van der Waals surface area contributed by atoms with E-state index in [0.29, 0.717) is 28.5 Å². The summed E-state index contributed by atoms with van der Waals surface area (Å²) in [4.78, 5) is 15.0. The van der Waals surface area contributed by atoms with E-state index in [9.17, 15) is 0 Å². The molecule has 6 aromatic rings. The van der Waals surface area contributed by atoms with Crippen LogP contribution in [0.1, 0.15) is 49.7 Å². The van der Waals surface area contributed by atoms with Gasteiger partial charge in [0.1, 0.15) is 0 Å². The van der Waals surface area contributed by atoms with Crippen LogP contribution in [0.2, 0.25) is 0 Å². The highest BCUT2D eigenvalue weighted by molar-refractivity contribution is 5.73. The average Bonchev–Trinajstić information content (AvgIpc) is 3.15. The minimum Gasteiger partial charge on any atom is -0.208 e. The molecule has 232 valence electrons. The van der Waals surface area contributed by atoms with Crippen molar-refractivity contribution in [2.24, 2.45) is 17.8 Å². The Hall–Kier alpha value is -5.40. The van der Waals surface area contributed by atoms with E-state index >= 15 is 0 Å². The first-order chi connectivity index (χ1) is 23.6. The molecule has 5 aromatic carbocycles. The smallest absolute Gasteiger partial charge is 0.164 e. The van der Waals surface area contributed by atoms with Gasteiger partial charge in [-0.05, 0) is 102 Å². The maximum Gasteiger partial charge on any atom is 0.164 e. The van der Waals surface area contributed by atoms with Crippen molar-refractivity contribution in [3.8, 4) is 62.5 Å². The molecule has 0 radical (unpaired) electrons. The molecule has 4 fully saturated rings. The first-order valence-corrected chi connectivity index (χ1v) is 17.2. The molecule has 0 N–H and O–H groups in total. The SMILES string of the molecule is N#Cc1ccc(-c2ccc(-c3ccc(-c4nc(-c5ccccc5)nc(-c5ccc(C67C[C@H]8C[C@H](C6)C[C@@H](C7)C8)cc5)n4)cc3)cc2)cc1. The summed E-state index contributed by atoms with van der Waals surface area (Å²) >= 11 is 0. The van der Waals surface area contributed by atoms with Gasteiger partial charge in [0.25, 0.3) is 0 Å². The number of hydrogen-bond acceptors (Lipinski definition) is 4. The van der Waals surface area contributed by atoms with Crippen molar-refractivity contribution < 1.29 is 0 Å². The second kappa shape index (κ2) is 11.7. The molecule has 4 nitrogen and oxygen atoms in total. The van der Waals surface area contributed by atoms with Crippen LogP contribution in [0.3, 0.4) is 0 Å². The maximum atomic E-state index is 9.11. The zero-order valence-electron chi connectivity index (χ0n) is 26.9. The van der Waals surface area contributed by atoms with Crippen molar-refractivity contribution in [1.82, 2.24) is 15.0 Å². The second-order valence-electron chi connectivity index (χ2n) is 14.3. The Balaban J connectivity index is 1.02. The summed E-state index contributed by atoms with van der Waals surface area (Å²) in [5.74, 6) is 4.84. The van der Waals surface area contributed by atoms with Crippen molar-refractivity contribution in [1.29, 1.82) is 5.26 Å². The van der Waals surface area contributed by atoms with Gasteiger partial charge in [-0.1, -0.05) is 115 Å². The molecule has 0 saturated heterocycles. The van der Waals surface area contributed by atoms with E-state index in [0.717, 1.165) is 56.7 Å². The van der Waals surface area contributed by atoms with Gasteiger partial charge in [0.15, 0.2) is 17.5 Å². The van der Waals surface area contributed by atoms with Crippen LogP contribution in [-0.2, 0) is 5.41 Å². The summed E-state index contributed by atoms with van der Waals surface area (Å²) in [7, 11) is 0. The highest BCUT2D eigenvalue weighted by Gasteiger charge is 2.51. The largest absolute Gasteiger partial charge is 0.208 e. The van der Waals surface area contributed by atoms with Crippen molar-refractivity contribution in [3.05, 3.63) is 139 Å². The van der Waals surface area contributed by atoms with Crippen LogP contribution in [0.5, 0.6) is 0 Å². The molecule has 0 aliphatic heterocycles. The molecule has 0 unspecified atom stereocenters. The van der Waals surface area contributed by atoms with E-state index in [1.54, 1.807) is 0 Å². The number of benzene rings is 5. The second-order valence-corrected chi connectivity index (χ2v) is 14.3. The first kappa shape index (κ1) is 28.8. The number of hydrogen-bond donors (Lipinski definition) is 0. The molecule has 0 amide bonds. The van der Waals surface area contributed by atoms with Gasteiger partial charge in [-0.2, -0.15) is 5.26 Å². The molecule has 4 aliphatic rings. The quantitative estimate of drug-likeness (QED) is 0.186. The summed E-state index contributed by atoms with van der Waals surface area (Å²) in [6, 6.07) is 46.3. The summed E-state index contributed by atoms with van der Waals surface area (Å²) in [6.45, 7) is 0. The van der Waals surface area contributed by atoms with Gasteiger partial charge in [0.05, 0.1) is 11.6 Å². The Morgan fingerprint density at radius 1 is 0.438 bits per heavy atom. The predicted octanol–water partition coefficient (Wildman–Crippen LogP) is 10.5. The van der Waals surface area contributed by atoms with Crippen molar-refractivity contribution in [3.63, 3.8) is 0 Å². The van der Waals surface area contributed by atoms with Crippen LogP contribution >= 0.6 is 0 Å². The van der Waals surface area contributed by atoms with Gasteiger partial charge < -0.3 is 0 Å².